The summed E-state index contributed by atoms with van der Waals surface area (Å²) in [5.41, 5.74) is 1.68. The van der Waals surface area contributed by atoms with Crippen molar-refractivity contribution in [2.24, 2.45) is 5.41 Å². The number of aliphatic carboxylic acids is 1. The summed E-state index contributed by atoms with van der Waals surface area (Å²) < 4.78 is 5.70. The van der Waals surface area contributed by atoms with Crippen LogP contribution in [0.2, 0.25) is 0 Å². The van der Waals surface area contributed by atoms with Gasteiger partial charge in [0.2, 0.25) is 0 Å². The van der Waals surface area contributed by atoms with E-state index in [9.17, 15) is 4.79 Å². The highest BCUT2D eigenvalue weighted by Crippen LogP contribution is 2.24. The lowest BCUT2D eigenvalue weighted by molar-refractivity contribution is -0.147. The summed E-state index contributed by atoms with van der Waals surface area (Å²) in [5.74, 6) is 0.136. The van der Waals surface area contributed by atoms with Crippen molar-refractivity contribution in [3.8, 4) is 5.75 Å². The minimum atomic E-state index is -0.755. The third-order valence-electron chi connectivity index (χ3n) is 3.34. The van der Waals surface area contributed by atoms with E-state index in [1.54, 1.807) is 13.8 Å². The van der Waals surface area contributed by atoms with E-state index in [0.29, 0.717) is 13.0 Å². The number of aryl methyl sites for hydroxylation is 1. The van der Waals surface area contributed by atoms with Crippen molar-refractivity contribution >= 4 is 5.97 Å². The normalized spacial score (nSPS) is 11.3. The van der Waals surface area contributed by atoms with Gasteiger partial charge in [0.1, 0.15) is 5.75 Å². The molecule has 0 aliphatic heterocycles. The first-order valence-electron chi connectivity index (χ1n) is 6.27. The third kappa shape index (κ3) is 3.76. The summed E-state index contributed by atoms with van der Waals surface area (Å²) in [4.78, 5) is 10.9. The van der Waals surface area contributed by atoms with Gasteiger partial charge in [-0.25, -0.2) is 0 Å². The van der Waals surface area contributed by atoms with Gasteiger partial charge >= 0.3 is 5.97 Å². The number of benzene rings is 1. The average molecular weight is 250 g/mol. The van der Waals surface area contributed by atoms with Crippen molar-refractivity contribution in [2.75, 3.05) is 6.61 Å². The predicted octanol–water partition coefficient (Wildman–Crippen LogP) is 3.57. The Bertz CT molecular complexity index is 422. The van der Waals surface area contributed by atoms with Crippen LogP contribution in [-0.4, -0.2) is 17.7 Å². The zero-order chi connectivity index (χ0) is 13.8. The Balaban J connectivity index is 2.43. The van der Waals surface area contributed by atoms with Crippen LogP contribution < -0.4 is 4.74 Å². The van der Waals surface area contributed by atoms with Gasteiger partial charge in [-0.15, -0.1) is 0 Å². The van der Waals surface area contributed by atoms with Gasteiger partial charge in [0, 0.05) is 0 Å². The quantitative estimate of drug-likeness (QED) is 0.785. The molecule has 3 heteroatoms. The topological polar surface area (TPSA) is 46.5 Å². The Kier molecular flexibility index (Phi) is 4.76. The van der Waals surface area contributed by atoms with E-state index in [2.05, 4.69) is 13.0 Å². The molecule has 0 fully saturated rings. The molecule has 0 heterocycles. The van der Waals surface area contributed by atoms with Crippen LogP contribution in [0.1, 0.15) is 37.8 Å². The number of hydrogen-bond donors (Lipinski definition) is 1. The molecule has 0 saturated carbocycles. The lowest BCUT2D eigenvalue weighted by Gasteiger charge is -2.19. The maximum Gasteiger partial charge on any atom is 0.309 e. The maximum atomic E-state index is 10.9. The molecule has 0 bridgehead atoms. The molecule has 0 radical (unpaired) electrons. The van der Waals surface area contributed by atoms with Gasteiger partial charge in [0.25, 0.3) is 0 Å². The molecule has 1 aromatic rings. The lowest BCUT2D eigenvalue weighted by atomic mass is 9.88. The minimum absolute atomic E-state index is 0.557. The fourth-order valence-electron chi connectivity index (χ4n) is 1.68. The van der Waals surface area contributed by atoms with Crippen LogP contribution in [-0.2, 0) is 4.79 Å². The molecule has 0 spiro atoms. The molecule has 18 heavy (non-hydrogen) atoms. The van der Waals surface area contributed by atoms with Crippen molar-refractivity contribution in [3.05, 3.63) is 29.3 Å². The molecule has 0 aliphatic carbocycles. The number of carboxylic acids is 1. The molecule has 100 valence electrons. The second kappa shape index (κ2) is 5.89. The molecule has 0 unspecified atom stereocenters. The van der Waals surface area contributed by atoms with Crippen LogP contribution in [0.3, 0.4) is 0 Å². The monoisotopic (exact) mass is 250 g/mol. The molecular formula is C15H22O3. The number of carboxylic acid groups (broad SMARTS) is 1. The van der Waals surface area contributed by atoms with Gasteiger partial charge in [-0.1, -0.05) is 12.1 Å². The molecule has 1 aromatic carbocycles. The van der Waals surface area contributed by atoms with Gasteiger partial charge in [-0.05, 0) is 57.7 Å². The number of carbonyl (C=O) groups is 1. The summed E-state index contributed by atoms with van der Waals surface area (Å²) >= 11 is 0. The van der Waals surface area contributed by atoms with E-state index in [1.165, 1.54) is 5.56 Å². The fourth-order valence-corrected chi connectivity index (χ4v) is 1.68. The van der Waals surface area contributed by atoms with Crippen molar-refractivity contribution in [3.63, 3.8) is 0 Å². The Labute approximate surface area is 109 Å². The summed E-state index contributed by atoms with van der Waals surface area (Å²) in [5, 5.41) is 9.00. The zero-order valence-corrected chi connectivity index (χ0v) is 11.6. The van der Waals surface area contributed by atoms with E-state index in [0.717, 1.165) is 17.7 Å². The summed E-state index contributed by atoms with van der Waals surface area (Å²) in [6.45, 7) is 8.13. The Morgan fingerprint density at radius 1 is 1.33 bits per heavy atom. The average Bonchev–Trinajstić information content (AvgIpc) is 2.29. The number of hydrogen-bond acceptors (Lipinski definition) is 2. The summed E-state index contributed by atoms with van der Waals surface area (Å²) in [6, 6.07) is 5.97. The molecule has 0 atom stereocenters. The predicted molar refractivity (Wildman–Crippen MR) is 72.1 cm³/mol. The zero-order valence-electron chi connectivity index (χ0n) is 11.6. The van der Waals surface area contributed by atoms with E-state index in [1.807, 2.05) is 19.1 Å². The molecule has 3 nitrogen and oxygen atoms in total. The summed E-state index contributed by atoms with van der Waals surface area (Å²) in [6.07, 6.45) is 1.36. The largest absolute Gasteiger partial charge is 0.493 e. The number of ether oxygens (including phenoxy) is 1. The Hall–Kier alpha value is -1.51. The van der Waals surface area contributed by atoms with Crippen LogP contribution in [0.4, 0.5) is 0 Å². The fraction of sp³-hybridized carbons (Fsp3) is 0.533. The van der Waals surface area contributed by atoms with E-state index < -0.39 is 11.4 Å². The van der Waals surface area contributed by atoms with Crippen molar-refractivity contribution in [1.82, 2.24) is 0 Å². The molecule has 1 N–H and O–H groups in total. The van der Waals surface area contributed by atoms with Gasteiger partial charge < -0.3 is 9.84 Å². The lowest BCUT2D eigenvalue weighted by Crippen LogP contribution is -2.24. The van der Waals surface area contributed by atoms with Gasteiger partial charge in [0.05, 0.1) is 12.0 Å². The first-order valence-corrected chi connectivity index (χ1v) is 6.27. The third-order valence-corrected chi connectivity index (χ3v) is 3.34. The second-order valence-electron chi connectivity index (χ2n) is 5.34. The first kappa shape index (κ1) is 14.6. The van der Waals surface area contributed by atoms with Crippen LogP contribution >= 0.6 is 0 Å². The standard InChI is InChI=1S/C15H22O3/c1-11-7-5-8-13(12(11)2)18-10-6-9-15(3,4)14(16)17/h5,7-8H,6,9-10H2,1-4H3,(H,16,17). The van der Waals surface area contributed by atoms with Gasteiger partial charge in [0.15, 0.2) is 0 Å². The van der Waals surface area contributed by atoms with Crippen LogP contribution in [0.15, 0.2) is 18.2 Å². The van der Waals surface area contributed by atoms with Gasteiger partial charge in [-0.2, -0.15) is 0 Å². The smallest absolute Gasteiger partial charge is 0.309 e. The molecule has 0 aliphatic rings. The summed E-state index contributed by atoms with van der Waals surface area (Å²) in [7, 11) is 0. The first-order chi connectivity index (χ1) is 8.34. The highest BCUT2D eigenvalue weighted by molar-refractivity contribution is 5.73. The molecule has 0 amide bonds. The van der Waals surface area contributed by atoms with Crippen molar-refractivity contribution in [1.29, 1.82) is 0 Å². The van der Waals surface area contributed by atoms with Crippen LogP contribution in [0.25, 0.3) is 0 Å². The minimum Gasteiger partial charge on any atom is -0.493 e. The molecule has 0 aromatic heterocycles. The van der Waals surface area contributed by atoms with Crippen molar-refractivity contribution < 1.29 is 14.6 Å². The van der Waals surface area contributed by atoms with E-state index in [4.69, 9.17) is 9.84 Å². The van der Waals surface area contributed by atoms with Gasteiger partial charge in [-0.3, -0.25) is 4.79 Å². The van der Waals surface area contributed by atoms with Crippen LogP contribution in [0.5, 0.6) is 5.75 Å². The second-order valence-corrected chi connectivity index (χ2v) is 5.34. The molecule has 0 saturated heterocycles. The van der Waals surface area contributed by atoms with E-state index in [-0.39, 0.29) is 0 Å². The molecular weight excluding hydrogens is 228 g/mol. The molecule has 1 rings (SSSR count). The Morgan fingerprint density at radius 2 is 2.00 bits per heavy atom. The maximum absolute atomic E-state index is 10.9. The highest BCUT2D eigenvalue weighted by atomic mass is 16.5. The van der Waals surface area contributed by atoms with Crippen molar-refractivity contribution in [2.45, 2.75) is 40.5 Å². The number of rotatable bonds is 6. The van der Waals surface area contributed by atoms with E-state index >= 15 is 0 Å². The highest BCUT2D eigenvalue weighted by Gasteiger charge is 2.26. The van der Waals surface area contributed by atoms with Crippen LogP contribution in [0, 0.1) is 19.3 Å². The Morgan fingerprint density at radius 3 is 2.61 bits per heavy atom. The SMILES string of the molecule is Cc1cccc(OCCCC(C)(C)C(=O)O)c1C.